The normalized spacial score (nSPS) is 15.8. The Morgan fingerprint density at radius 1 is 1.12 bits per heavy atom. The maximum atomic E-state index is 10.9. The Hall–Kier alpha value is -1.59. The van der Waals surface area contributed by atoms with Crippen LogP contribution in [0.1, 0.15) is 56.3 Å². The van der Waals surface area contributed by atoms with Gasteiger partial charge in [-0.25, -0.2) is 4.79 Å². The molecule has 5 nitrogen and oxygen atoms in total. The molecule has 1 saturated carbocycles. The summed E-state index contributed by atoms with van der Waals surface area (Å²) in [5.74, 6) is -0.192. The molecule has 1 aliphatic rings. The minimum absolute atomic E-state index is 0.284. The van der Waals surface area contributed by atoms with Gasteiger partial charge >= 0.3 is 5.97 Å². The van der Waals surface area contributed by atoms with Crippen LogP contribution >= 0.6 is 0 Å². The maximum Gasteiger partial charge on any atom is 0.335 e. The van der Waals surface area contributed by atoms with Crippen LogP contribution in [0, 0.1) is 0 Å². The topological polar surface area (TPSA) is 53.0 Å². The van der Waals surface area contributed by atoms with Crippen molar-refractivity contribution in [3.63, 3.8) is 0 Å². The van der Waals surface area contributed by atoms with Crippen molar-refractivity contribution >= 4 is 5.97 Å². The molecule has 0 unspecified atom stereocenters. The van der Waals surface area contributed by atoms with Gasteiger partial charge in [-0.15, -0.1) is 0 Å². The molecular formula is C21H34N2O3. The molecule has 0 aliphatic heterocycles. The van der Waals surface area contributed by atoms with Crippen LogP contribution in [0.4, 0.5) is 0 Å². The third kappa shape index (κ3) is 6.61. The standard InChI is InChI=1S/C21H34N2O3/c1-17(2)23(14-13-22(3)19-7-5-4-6-8-19)15-16-26-20-11-9-18(10-12-20)21(24)25/h9-12,17,19H,4-8,13-16H2,1-3H3,(H,24,25). The predicted octanol–water partition coefficient (Wildman–Crippen LogP) is 3.74. The Bertz CT molecular complexity index is 539. The van der Waals surface area contributed by atoms with E-state index in [-0.39, 0.29) is 5.56 Å². The molecule has 0 radical (unpaired) electrons. The molecule has 26 heavy (non-hydrogen) atoms. The molecule has 1 fully saturated rings. The molecule has 0 spiro atoms. The van der Waals surface area contributed by atoms with Gasteiger partial charge in [-0.05, 0) is 58.0 Å². The van der Waals surface area contributed by atoms with Gasteiger partial charge in [-0.2, -0.15) is 0 Å². The first-order chi connectivity index (χ1) is 12.5. The third-order valence-electron chi connectivity index (χ3n) is 5.42. The van der Waals surface area contributed by atoms with Crippen molar-refractivity contribution in [2.24, 2.45) is 0 Å². The van der Waals surface area contributed by atoms with Gasteiger partial charge in [0.15, 0.2) is 0 Å². The fraction of sp³-hybridized carbons (Fsp3) is 0.667. The second kappa shape index (κ2) is 10.5. The van der Waals surface area contributed by atoms with E-state index in [1.165, 1.54) is 32.1 Å². The Kier molecular flexibility index (Phi) is 8.39. The third-order valence-corrected chi connectivity index (χ3v) is 5.42. The second-order valence-electron chi connectivity index (χ2n) is 7.58. The summed E-state index contributed by atoms with van der Waals surface area (Å²) < 4.78 is 5.80. The van der Waals surface area contributed by atoms with Crippen LogP contribution < -0.4 is 4.74 Å². The number of benzene rings is 1. The van der Waals surface area contributed by atoms with E-state index in [0.29, 0.717) is 12.6 Å². The lowest BCUT2D eigenvalue weighted by atomic mass is 9.94. The number of rotatable bonds is 10. The van der Waals surface area contributed by atoms with E-state index >= 15 is 0 Å². The highest BCUT2D eigenvalue weighted by atomic mass is 16.5. The Labute approximate surface area is 157 Å². The Balaban J connectivity index is 1.74. The van der Waals surface area contributed by atoms with Crippen LogP contribution in [0.5, 0.6) is 5.75 Å². The molecule has 0 saturated heterocycles. The molecule has 0 aromatic heterocycles. The van der Waals surface area contributed by atoms with Gasteiger partial charge in [-0.3, -0.25) is 4.90 Å². The average molecular weight is 363 g/mol. The Morgan fingerprint density at radius 2 is 1.77 bits per heavy atom. The summed E-state index contributed by atoms with van der Waals surface area (Å²) in [7, 11) is 2.26. The lowest BCUT2D eigenvalue weighted by molar-refractivity contribution is 0.0697. The number of likely N-dealkylation sites (N-methyl/N-ethyl adjacent to an activating group) is 1. The molecule has 5 heteroatoms. The van der Waals surface area contributed by atoms with Gasteiger partial charge in [0.25, 0.3) is 0 Å². The van der Waals surface area contributed by atoms with Crippen LogP contribution in [0.3, 0.4) is 0 Å². The number of ether oxygens (including phenoxy) is 1. The van der Waals surface area contributed by atoms with Crippen molar-refractivity contribution in [1.29, 1.82) is 0 Å². The van der Waals surface area contributed by atoms with E-state index in [1.54, 1.807) is 24.3 Å². The summed E-state index contributed by atoms with van der Waals surface area (Å²) in [5, 5.41) is 8.93. The van der Waals surface area contributed by atoms with Gasteiger partial charge in [0.1, 0.15) is 12.4 Å². The number of nitrogens with zero attached hydrogens (tertiary/aromatic N) is 2. The molecular weight excluding hydrogens is 328 g/mol. The largest absolute Gasteiger partial charge is 0.492 e. The molecule has 0 heterocycles. The second-order valence-corrected chi connectivity index (χ2v) is 7.58. The zero-order valence-electron chi connectivity index (χ0n) is 16.5. The molecule has 0 bridgehead atoms. The van der Waals surface area contributed by atoms with Crippen LogP contribution in [0.25, 0.3) is 0 Å². The fourth-order valence-electron chi connectivity index (χ4n) is 3.59. The zero-order chi connectivity index (χ0) is 18.9. The molecule has 1 N–H and O–H groups in total. The molecule has 1 aliphatic carbocycles. The monoisotopic (exact) mass is 362 g/mol. The van der Waals surface area contributed by atoms with E-state index in [2.05, 4.69) is 30.7 Å². The first-order valence-electron chi connectivity index (χ1n) is 9.88. The summed E-state index contributed by atoms with van der Waals surface area (Å²) in [4.78, 5) is 15.9. The lowest BCUT2D eigenvalue weighted by Crippen LogP contribution is -2.43. The average Bonchev–Trinajstić information content (AvgIpc) is 2.65. The minimum atomic E-state index is -0.912. The first kappa shape index (κ1) is 20.7. The summed E-state index contributed by atoms with van der Waals surface area (Å²) >= 11 is 0. The van der Waals surface area contributed by atoms with Gasteiger partial charge < -0.3 is 14.7 Å². The van der Waals surface area contributed by atoms with Crippen molar-refractivity contribution in [2.45, 2.75) is 58.0 Å². The van der Waals surface area contributed by atoms with Gasteiger partial charge in [-0.1, -0.05) is 19.3 Å². The highest BCUT2D eigenvalue weighted by Gasteiger charge is 2.19. The lowest BCUT2D eigenvalue weighted by Gasteiger charge is -2.34. The zero-order valence-corrected chi connectivity index (χ0v) is 16.5. The first-order valence-corrected chi connectivity index (χ1v) is 9.88. The number of carboxylic acid groups (broad SMARTS) is 1. The van der Waals surface area contributed by atoms with E-state index < -0.39 is 5.97 Å². The highest BCUT2D eigenvalue weighted by Crippen LogP contribution is 2.21. The molecule has 0 amide bonds. The summed E-state index contributed by atoms with van der Waals surface area (Å²) in [5.41, 5.74) is 0.284. The number of carbonyl (C=O) groups is 1. The smallest absolute Gasteiger partial charge is 0.335 e. The van der Waals surface area contributed by atoms with Crippen molar-refractivity contribution < 1.29 is 14.6 Å². The number of hydrogen-bond acceptors (Lipinski definition) is 4. The van der Waals surface area contributed by atoms with Crippen molar-refractivity contribution in [1.82, 2.24) is 9.80 Å². The Morgan fingerprint density at radius 3 is 2.35 bits per heavy atom. The van der Waals surface area contributed by atoms with Crippen LogP contribution in [-0.4, -0.2) is 66.2 Å². The molecule has 146 valence electrons. The molecule has 1 aromatic rings. The number of hydrogen-bond donors (Lipinski definition) is 1. The highest BCUT2D eigenvalue weighted by molar-refractivity contribution is 5.87. The van der Waals surface area contributed by atoms with Crippen LogP contribution in [0.2, 0.25) is 0 Å². The van der Waals surface area contributed by atoms with E-state index in [0.717, 1.165) is 31.4 Å². The summed E-state index contributed by atoms with van der Waals surface area (Å²) in [6, 6.07) is 7.84. The van der Waals surface area contributed by atoms with Gasteiger partial charge in [0.05, 0.1) is 5.56 Å². The van der Waals surface area contributed by atoms with Gasteiger partial charge in [0, 0.05) is 31.7 Å². The minimum Gasteiger partial charge on any atom is -0.492 e. The number of carboxylic acids is 1. The quantitative estimate of drug-likeness (QED) is 0.687. The summed E-state index contributed by atoms with van der Waals surface area (Å²) in [6.45, 7) is 8.07. The van der Waals surface area contributed by atoms with E-state index in [4.69, 9.17) is 9.84 Å². The van der Waals surface area contributed by atoms with Crippen molar-refractivity contribution in [3.8, 4) is 5.75 Å². The molecule has 1 aromatic carbocycles. The van der Waals surface area contributed by atoms with Crippen LogP contribution in [0.15, 0.2) is 24.3 Å². The molecule has 2 rings (SSSR count). The summed E-state index contributed by atoms with van der Waals surface area (Å²) in [6.07, 6.45) is 6.82. The molecule has 0 atom stereocenters. The van der Waals surface area contributed by atoms with Gasteiger partial charge in [0.2, 0.25) is 0 Å². The maximum absolute atomic E-state index is 10.9. The number of aromatic carboxylic acids is 1. The van der Waals surface area contributed by atoms with Crippen LogP contribution in [-0.2, 0) is 0 Å². The van der Waals surface area contributed by atoms with Crippen molar-refractivity contribution in [2.75, 3.05) is 33.3 Å². The SMILES string of the molecule is CC(C)N(CCOc1ccc(C(=O)O)cc1)CCN(C)C1CCCCC1. The van der Waals surface area contributed by atoms with Crippen molar-refractivity contribution in [3.05, 3.63) is 29.8 Å². The predicted molar refractivity (Wildman–Crippen MR) is 105 cm³/mol. The van der Waals surface area contributed by atoms with E-state index in [9.17, 15) is 4.79 Å². The fourth-order valence-corrected chi connectivity index (χ4v) is 3.59. The van der Waals surface area contributed by atoms with E-state index in [1.807, 2.05) is 0 Å².